The van der Waals surface area contributed by atoms with Gasteiger partial charge in [0.25, 0.3) is 0 Å². The van der Waals surface area contributed by atoms with Crippen LogP contribution >= 0.6 is 15.9 Å². The van der Waals surface area contributed by atoms with Crippen LogP contribution < -0.4 is 16.0 Å². The van der Waals surface area contributed by atoms with Crippen LogP contribution in [0.1, 0.15) is 0 Å². The van der Waals surface area contributed by atoms with Gasteiger partial charge in [-0.1, -0.05) is 0 Å². The summed E-state index contributed by atoms with van der Waals surface area (Å²) in [5.74, 6) is 0.898. The van der Waals surface area contributed by atoms with Crippen LogP contribution in [0.15, 0.2) is 16.7 Å². The Morgan fingerprint density at radius 2 is 2.14 bits per heavy atom. The van der Waals surface area contributed by atoms with Gasteiger partial charge in [0.15, 0.2) is 5.82 Å². The highest BCUT2D eigenvalue weighted by atomic mass is 79.9. The highest BCUT2D eigenvalue weighted by Crippen LogP contribution is 2.23. The second-order valence-electron chi connectivity index (χ2n) is 3.30. The molecule has 0 spiro atoms. The number of nitrogens with two attached hydrogens (primary N) is 1. The summed E-state index contributed by atoms with van der Waals surface area (Å²) in [5, 5.41) is 3.30. The molecule has 1 fully saturated rings. The van der Waals surface area contributed by atoms with E-state index in [9.17, 15) is 0 Å². The predicted octanol–water partition coefficient (Wildman–Crippen LogP) is 0.836. The Balaban J connectivity index is 2.22. The lowest BCUT2D eigenvalue weighted by Gasteiger charge is -2.29. The lowest BCUT2D eigenvalue weighted by molar-refractivity contribution is 0.585. The molecule has 1 saturated heterocycles. The molecule has 3 N–H and O–H groups in total. The van der Waals surface area contributed by atoms with Crippen LogP contribution in [0.5, 0.6) is 0 Å². The molecule has 2 rings (SSSR count). The molecule has 5 heteroatoms. The maximum absolute atomic E-state index is 5.90. The number of rotatable bonds is 1. The van der Waals surface area contributed by atoms with Crippen molar-refractivity contribution in [2.45, 2.75) is 0 Å². The summed E-state index contributed by atoms with van der Waals surface area (Å²) in [5.41, 5.74) is 6.63. The lowest BCUT2D eigenvalue weighted by Crippen LogP contribution is -2.44. The normalized spacial score (nSPS) is 17.1. The zero-order valence-corrected chi connectivity index (χ0v) is 9.42. The van der Waals surface area contributed by atoms with Gasteiger partial charge in [-0.05, 0) is 22.0 Å². The van der Waals surface area contributed by atoms with Crippen molar-refractivity contribution in [3.8, 4) is 0 Å². The van der Waals surface area contributed by atoms with Gasteiger partial charge in [-0.25, -0.2) is 4.98 Å². The fourth-order valence-corrected chi connectivity index (χ4v) is 1.94. The molecule has 0 bridgehead atoms. The van der Waals surface area contributed by atoms with Gasteiger partial charge in [0.2, 0.25) is 0 Å². The summed E-state index contributed by atoms with van der Waals surface area (Å²) < 4.78 is 0.925. The van der Waals surface area contributed by atoms with Gasteiger partial charge in [0.1, 0.15) is 0 Å². The molecule has 1 aliphatic rings. The Bertz CT molecular complexity index is 323. The lowest BCUT2D eigenvalue weighted by atomic mass is 10.3. The molecule has 1 aliphatic heterocycles. The second kappa shape index (κ2) is 4.14. The van der Waals surface area contributed by atoms with Crippen molar-refractivity contribution in [1.82, 2.24) is 10.3 Å². The quantitative estimate of drug-likeness (QED) is 0.782. The third-order valence-corrected chi connectivity index (χ3v) is 2.71. The average molecular weight is 257 g/mol. The summed E-state index contributed by atoms with van der Waals surface area (Å²) in [6.45, 7) is 3.94. The summed E-state index contributed by atoms with van der Waals surface area (Å²) >= 11 is 3.35. The van der Waals surface area contributed by atoms with E-state index >= 15 is 0 Å². The SMILES string of the molecule is Nc1cc(Br)cnc1N1CCNCC1. The first kappa shape index (κ1) is 9.73. The first-order valence-electron chi connectivity index (χ1n) is 4.64. The van der Waals surface area contributed by atoms with Crippen LogP contribution in [0.2, 0.25) is 0 Å². The van der Waals surface area contributed by atoms with Gasteiger partial charge in [0, 0.05) is 36.8 Å². The van der Waals surface area contributed by atoms with Gasteiger partial charge in [-0.15, -0.1) is 0 Å². The highest BCUT2D eigenvalue weighted by Gasteiger charge is 2.13. The molecule has 76 valence electrons. The van der Waals surface area contributed by atoms with E-state index in [-0.39, 0.29) is 0 Å². The maximum atomic E-state index is 5.90. The van der Waals surface area contributed by atoms with Crippen molar-refractivity contribution in [3.63, 3.8) is 0 Å². The molecule has 0 saturated carbocycles. The Labute approximate surface area is 91.6 Å². The number of nitrogens with zero attached hydrogens (tertiary/aromatic N) is 2. The monoisotopic (exact) mass is 256 g/mol. The maximum Gasteiger partial charge on any atom is 0.151 e. The van der Waals surface area contributed by atoms with Crippen LogP contribution in [-0.2, 0) is 0 Å². The van der Waals surface area contributed by atoms with Gasteiger partial charge in [-0.2, -0.15) is 0 Å². The Morgan fingerprint density at radius 1 is 1.43 bits per heavy atom. The summed E-state index contributed by atoms with van der Waals surface area (Å²) in [7, 11) is 0. The molecule has 0 unspecified atom stereocenters. The van der Waals surface area contributed by atoms with Crippen LogP contribution in [0, 0.1) is 0 Å². The van der Waals surface area contributed by atoms with Crippen molar-refractivity contribution >= 4 is 27.4 Å². The van der Waals surface area contributed by atoms with Gasteiger partial charge in [-0.3, -0.25) is 0 Å². The minimum absolute atomic E-state index is 0.737. The Hall–Kier alpha value is -0.810. The number of anilines is 2. The fourth-order valence-electron chi connectivity index (χ4n) is 1.59. The zero-order chi connectivity index (χ0) is 9.97. The van der Waals surface area contributed by atoms with Crippen molar-refractivity contribution in [2.75, 3.05) is 36.8 Å². The first-order valence-corrected chi connectivity index (χ1v) is 5.43. The Kier molecular flexibility index (Phi) is 2.88. The van der Waals surface area contributed by atoms with Crippen molar-refractivity contribution in [3.05, 3.63) is 16.7 Å². The van der Waals surface area contributed by atoms with E-state index in [1.165, 1.54) is 0 Å². The largest absolute Gasteiger partial charge is 0.396 e. The van der Waals surface area contributed by atoms with E-state index in [1.807, 2.05) is 6.07 Å². The summed E-state index contributed by atoms with van der Waals surface area (Å²) in [6.07, 6.45) is 1.79. The number of nitrogen functional groups attached to an aromatic ring is 1. The predicted molar refractivity (Wildman–Crippen MR) is 61.4 cm³/mol. The first-order chi connectivity index (χ1) is 6.77. The number of piperazine rings is 1. The number of aromatic nitrogens is 1. The third kappa shape index (κ3) is 1.99. The van der Waals surface area contributed by atoms with Crippen molar-refractivity contribution in [1.29, 1.82) is 0 Å². The van der Waals surface area contributed by atoms with Crippen LogP contribution in [-0.4, -0.2) is 31.2 Å². The minimum Gasteiger partial charge on any atom is -0.396 e. The van der Waals surface area contributed by atoms with Crippen LogP contribution in [0.25, 0.3) is 0 Å². The molecule has 0 radical (unpaired) electrons. The van der Waals surface area contributed by atoms with E-state index < -0.39 is 0 Å². The van der Waals surface area contributed by atoms with E-state index in [1.54, 1.807) is 6.20 Å². The van der Waals surface area contributed by atoms with E-state index in [0.29, 0.717) is 0 Å². The third-order valence-electron chi connectivity index (χ3n) is 2.28. The number of nitrogens with one attached hydrogen (secondary N) is 1. The van der Waals surface area contributed by atoms with E-state index in [2.05, 4.69) is 31.1 Å². The number of pyridine rings is 1. The molecular weight excluding hydrogens is 244 g/mol. The summed E-state index contributed by atoms with van der Waals surface area (Å²) in [6, 6.07) is 1.89. The molecule has 0 aromatic carbocycles. The Morgan fingerprint density at radius 3 is 2.79 bits per heavy atom. The number of hydrogen-bond donors (Lipinski definition) is 2. The topological polar surface area (TPSA) is 54.2 Å². The van der Waals surface area contributed by atoms with Gasteiger partial charge >= 0.3 is 0 Å². The van der Waals surface area contributed by atoms with Crippen LogP contribution in [0.4, 0.5) is 11.5 Å². The molecular formula is C9H13BrN4. The fraction of sp³-hybridized carbons (Fsp3) is 0.444. The second-order valence-corrected chi connectivity index (χ2v) is 4.22. The smallest absolute Gasteiger partial charge is 0.151 e. The highest BCUT2D eigenvalue weighted by molar-refractivity contribution is 9.10. The molecule has 4 nitrogen and oxygen atoms in total. The average Bonchev–Trinajstić information content (AvgIpc) is 2.19. The van der Waals surface area contributed by atoms with Crippen molar-refractivity contribution in [2.24, 2.45) is 0 Å². The minimum atomic E-state index is 0.737. The van der Waals surface area contributed by atoms with Gasteiger partial charge < -0.3 is 16.0 Å². The number of halogens is 1. The molecule has 1 aromatic heterocycles. The standard InChI is InChI=1S/C9H13BrN4/c10-7-5-8(11)9(13-6-7)14-3-1-12-2-4-14/h5-6,12H,1-4,11H2. The van der Waals surface area contributed by atoms with Crippen molar-refractivity contribution < 1.29 is 0 Å². The van der Waals surface area contributed by atoms with Crippen LogP contribution in [0.3, 0.4) is 0 Å². The summed E-state index contributed by atoms with van der Waals surface area (Å²) in [4.78, 5) is 6.53. The molecule has 14 heavy (non-hydrogen) atoms. The molecule has 0 aliphatic carbocycles. The van der Waals surface area contributed by atoms with E-state index in [0.717, 1.165) is 42.2 Å². The zero-order valence-electron chi connectivity index (χ0n) is 7.83. The van der Waals surface area contributed by atoms with E-state index in [4.69, 9.17) is 5.73 Å². The van der Waals surface area contributed by atoms with Gasteiger partial charge in [0.05, 0.1) is 5.69 Å². The molecule has 0 amide bonds. The molecule has 2 heterocycles. The molecule has 1 aromatic rings. The number of hydrogen-bond acceptors (Lipinski definition) is 4. The molecule has 0 atom stereocenters.